The SMILES string of the molecule is CS(=O)(=O)N1CCN(C(=O)c2ccccc2)C1C(=O)NC1CCC(N)CC1. The van der Waals surface area contributed by atoms with Crippen molar-refractivity contribution < 1.29 is 18.0 Å². The van der Waals surface area contributed by atoms with E-state index < -0.39 is 22.1 Å². The van der Waals surface area contributed by atoms with E-state index in [4.69, 9.17) is 5.73 Å². The number of hydrogen-bond acceptors (Lipinski definition) is 5. The van der Waals surface area contributed by atoms with E-state index in [1.807, 2.05) is 0 Å². The molecule has 3 rings (SSSR count). The summed E-state index contributed by atoms with van der Waals surface area (Å²) in [7, 11) is -3.64. The number of nitrogens with zero attached hydrogens (tertiary/aromatic N) is 2. The highest BCUT2D eigenvalue weighted by atomic mass is 32.2. The molecule has 27 heavy (non-hydrogen) atoms. The van der Waals surface area contributed by atoms with Gasteiger partial charge in [-0.05, 0) is 37.8 Å². The number of carbonyl (C=O) groups is 2. The summed E-state index contributed by atoms with van der Waals surface area (Å²) in [5.41, 5.74) is 6.33. The molecular formula is C18H26N4O4S. The van der Waals surface area contributed by atoms with E-state index in [0.29, 0.717) is 5.56 Å². The first kappa shape index (κ1) is 19.8. The maximum absolute atomic E-state index is 13.0. The van der Waals surface area contributed by atoms with Gasteiger partial charge in [-0.15, -0.1) is 0 Å². The highest BCUT2D eigenvalue weighted by Gasteiger charge is 2.45. The first-order valence-electron chi connectivity index (χ1n) is 9.16. The number of nitrogens with two attached hydrogens (primary N) is 1. The second-order valence-corrected chi connectivity index (χ2v) is 9.17. The Hall–Kier alpha value is -1.97. The van der Waals surface area contributed by atoms with Crippen LogP contribution in [0.1, 0.15) is 36.0 Å². The molecule has 2 amide bonds. The van der Waals surface area contributed by atoms with Gasteiger partial charge >= 0.3 is 0 Å². The number of nitrogens with one attached hydrogen (secondary N) is 1. The molecule has 1 aromatic rings. The first-order valence-corrected chi connectivity index (χ1v) is 11.0. The van der Waals surface area contributed by atoms with Crippen molar-refractivity contribution in [3.05, 3.63) is 35.9 Å². The fourth-order valence-corrected chi connectivity index (χ4v) is 4.71. The van der Waals surface area contributed by atoms with Crippen LogP contribution in [-0.2, 0) is 14.8 Å². The quantitative estimate of drug-likeness (QED) is 0.753. The molecule has 1 saturated carbocycles. The third kappa shape index (κ3) is 4.48. The van der Waals surface area contributed by atoms with Gasteiger partial charge in [0.2, 0.25) is 10.0 Å². The lowest BCUT2D eigenvalue weighted by molar-refractivity contribution is -0.128. The van der Waals surface area contributed by atoms with Crippen LogP contribution in [-0.4, -0.2) is 67.0 Å². The fourth-order valence-electron chi connectivity index (χ4n) is 3.72. The molecule has 0 aromatic heterocycles. The lowest BCUT2D eigenvalue weighted by atomic mass is 9.92. The van der Waals surface area contributed by atoms with Gasteiger partial charge in [-0.1, -0.05) is 18.2 Å². The number of amides is 2. The van der Waals surface area contributed by atoms with E-state index in [1.165, 1.54) is 4.90 Å². The van der Waals surface area contributed by atoms with Gasteiger partial charge in [-0.3, -0.25) is 9.59 Å². The van der Waals surface area contributed by atoms with Gasteiger partial charge in [0, 0.05) is 30.7 Å². The average Bonchev–Trinajstić information content (AvgIpc) is 3.09. The molecule has 1 aliphatic heterocycles. The monoisotopic (exact) mass is 394 g/mol. The minimum Gasteiger partial charge on any atom is -0.350 e. The topological polar surface area (TPSA) is 113 Å². The summed E-state index contributed by atoms with van der Waals surface area (Å²) in [6.07, 6.45) is 3.04. The summed E-state index contributed by atoms with van der Waals surface area (Å²) in [6.45, 7) is 0.277. The summed E-state index contributed by atoms with van der Waals surface area (Å²) in [5, 5.41) is 2.93. The standard InChI is InChI=1S/C18H26N4O4S/c1-27(25,26)22-12-11-21(18(24)13-5-3-2-4-6-13)17(22)16(23)20-15-9-7-14(19)8-10-15/h2-6,14-15,17H,7-12,19H2,1H3,(H,20,23). The van der Waals surface area contributed by atoms with Crippen molar-refractivity contribution in [2.24, 2.45) is 5.73 Å². The summed E-state index contributed by atoms with van der Waals surface area (Å²) < 4.78 is 25.5. The fraction of sp³-hybridized carbons (Fsp3) is 0.556. The number of benzene rings is 1. The van der Waals surface area contributed by atoms with Gasteiger partial charge in [0.05, 0.1) is 6.26 Å². The molecule has 1 saturated heterocycles. The van der Waals surface area contributed by atoms with Crippen LogP contribution in [0.15, 0.2) is 30.3 Å². The van der Waals surface area contributed by atoms with Crippen LogP contribution in [0.3, 0.4) is 0 Å². The predicted molar refractivity (Wildman–Crippen MR) is 101 cm³/mol. The zero-order chi connectivity index (χ0) is 19.6. The molecule has 9 heteroatoms. The minimum absolute atomic E-state index is 0.0482. The lowest BCUT2D eigenvalue weighted by Crippen LogP contribution is -2.55. The maximum Gasteiger partial charge on any atom is 0.259 e. The van der Waals surface area contributed by atoms with Crippen molar-refractivity contribution in [1.29, 1.82) is 0 Å². The van der Waals surface area contributed by atoms with Crippen molar-refractivity contribution in [2.45, 2.75) is 43.9 Å². The smallest absolute Gasteiger partial charge is 0.259 e. The third-order valence-corrected chi connectivity index (χ3v) is 6.42. The Bertz CT molecular complexity index is 791. The van der Waals surface area contributed by atoms with Crippen molar-refractivity contribution in [2.75, 3.05) is 19.3 Å². The zero-order valence-electron chi connectivity index (χ0n) is 15.4. The van der Waals surface area contributed by atoms with Crippen LogP contribution in [0.25, 0.3) is 0 Å². The third-order valence-electron chi connectivity index (χ3n) is 5.19. The maximum atomic E-state index is 13.0. The van der Waals surface area contributed by atoms with Crippen LogP contribution in [0.5, 0.6) is 0 Å². The Kier molecular flexibility index (Phi) is 5.83. The van der Waals surface area contributed by atoms with Gasteiger partial charge in [0.25, 0.3) is 11.8 Å². The molecule has 0 radical (unpaired) electrons. The molecule has 8 nitrogen and oxygen atoms in total. The Labute approximate surface area is 159 Å². The van der Waals surface area contributed by atoms with E-state index in [-0.39, 0.29) is 31.1 Å². The second kappa shape index (κ2) is 7.95. The van der Waals surface area contributed by atoms with Crippen LogP contribution in [0.4, 0.5) is 0 Å². The number of carbonyl (C=O) groups excluding carboxylic acids is 2. The van der Waals surface area contributed by atoms with Crippen molar-refractivity contribution in [1.82, 2.24) is 14.5 Å². The average molecular weight is 394 g/mol. The summed E-state index contributed by atoms with van der Waals surface area (Å²) in [4.78, 5) is 27.2. The Morgan fingerprint density at radius 2 is 1.70 bits per heavy atom. The van der Waals surface area contributed by atoms with E-state index in [1.54, 1.807) is 30.3 Å². The number of sulfonamides is 1. The number of hydrogen-bond donors (Lipinski definition) is 2. The molecule has 1 atom stereocenters. The molecule has 1 aliphatic carbocycles. The Balaban J connectivity index is 1.81. The predicted octanol–water partition coefficient (Wildman–Crippen LogP) is 0.116. The van der Waals surface area contributed by atoms with E-state index in [0.717, 1.165) is 36.2 Å². The molecule has 148 valence electrons. The second-order valence-electron chi connectivity index (χ2n) is 7.23. The van der Waals surface area contributed by atoms with Crippen LogP contribution >= 0.6 is 0 Å². The summed E-state index contributed by atoms with van der Waals surface area (Å²) in [6, 6.07) is 8.67. The van der Waals surface area contributed by atoms with Gasteiger partial charge in [0.15, 0.2) is 6.17 Å². The molecule has 3 N–H and O–H groups in total. The van der Waals surface area contributed by atoms with Gasteiger partial charge in [-0.2, -0.15) is 4.31 Å². The molecule has 1 heterocycles. The zero-order valence-corrected chi connectivity index (χ0v) is 16.2. The van der Waals surface area contributed by atoms with E-state index in [9.17, 15) is 18.0 Å². The highest BCUT2D eigenvalue weighted by molar-refractivity contribution is 7.88. The van der Waals surface area contributed by atoms with E-state index in [2.05, 4.69) is 5.32 Å². The van der Waals surface area contributed by atoms with Crippen LogP contribution in [0, 0.1) is 0 Å². The van der Waals surface area contributed by atoms with Crippen molar-refractivity contribution >= 4 is 21.8 Å². The summed E-state index contributed by atoms with van der Waals surface area (Å²) >= 11 is 0. The lowest BCUT2D eigenvalue weighted by Gasteiger charge is -2.32. The minimum atomic E-state index is -3.64. The van der Waals surface area contributed by atoms with Gasteiger partial charge in [-0.25, -0.2) is 8.42 Å². The molecule has 0 spiro atoms. The Morgan fingerprint density at radius 1 is 1.07 bits per heavy atom. The largest absolute Gasteiger partial charge is 0.350 e. The summed E-state index contributed by atoms with van der Waals surface area (Å²) in [5.74, 6) is -0.810. The number of rotatable bonds is 4. The molecular weight excluding hydrogens is 368 g/mol. The Morgan fingerprint density at radius 3 is 2.30 bits per heavy atom. The molecule has 0 bridgehead atoms. The highest BCUT2D eigenvalue weighted by Crippen LogP contribution is 2.23. The molecule has 2 aliphatic rings. The molecule has 1 unspecified atom stereocenters. The van der Waals surface area contributed by atoms with Crippen LogP contribution < -0.4 is 11.1 Å². The van der Waals surface area contributed by atoms with Crippen molar-refractivity contribution in [3.8, 4) is 0 Å². The van der Waals surface area contributed by atoms with E-state index >= 15 is 0 Å². The first-order chi connectivity index (χ1) is 12.8. The van der Waals surface area contributed by atoms with Gasteiger partial charge < -0.3 is 16.0 Å². The van der Waals surface area contributed by atoms with Crippen LogP contribution in [0.2, 0.25) is 0 Å². The normalized spacial score (nSPS) is 26.7. The van der Waals surface area contributed by atoms with Crippen molar-refractivity contribution in [3.63, 3.8) is 0 Å². The van der Waals surface area contributed by atoms with Gasteiger partial charge in [0.1, 0.15) is 0 Å². The molecule has 2 fully saturated rings. The molecule has 1 aromatic carbocycles.